The van der Waals surface area contributed by atoms with Crippen LogP contribution in [0.3, 0.4) is 0 Å². The maximum absolute atomic E-state index is 5.58. The average Bonchev–Trinajstić information content (AvgIpc) is 3.14. The van der Waals surface area contributed by atoms with Gasteiger partial charge in [0.2, 0.25) is 0 Å². The van der Waals surface area contributed by atoms with Crippen molar-refractivity contribution >= 4 is 10.8 Å². The van der Waals surface area contributed by atoms with Gasteiger partial charge in [-0.2, -0.15) is 0 Å². The molecule has 4 rings (SSSR count). The number of hydrogen-bond donors (Lipinski definition) is 0. The molecule has 0 amide bonds. The Labute approximate surface area is 155 Å². The normalized spacial score (nSPS) is 16.8. The molecule has 0 saturated carbocycles. The Bertz CT molecular complexity index is 883. The van der Waals surface area contributed by atoms with Crippen LogP contribution in [0.5, 0.6) is 5.75 Å². The van der Waals surface area contributed by atoms with Gasteiger partial charge in [-0.1, -0.05) is 24.3 Å². The number of likely N-dealkylation sites (N-methyl/N-ethyl adjacent to an activating group) is 1. The fraction of sp³-hybridized carbons (Fsp3) is 0.391. The molecule has 0 saturated heterocycles. The summed E-state index contributed by atoms with van der Waals surface area (Å²) in [6.07, 6.45) is 8.36. The van der Waals surface area contributed by atoms with Gasteiger partial charge in [0.1, 0.15) is 5.75 Å². The first-order chi connectivity index (χ1) is 12.7. The Morgan fingerprint density at radius 3 is 2.92 bits per heavy atom. The van der Waals surface area contributed by atoms with Crippen molar-refractivity contribution < 1.29 is 9.15 Å². The lowest BCUT2D eigenvalue weighted by Gasteiger charge is -2.30. The molecule has 136 valence electrons. The standard InChI is InChI=1S/C23H27NO2/c1-24(12-11-17-9-10-19-15-26-16-20(19)13-17)14-18-5-3-7-22-21(18)6-4-8-23(22)25-2/h4,6,8-10,13,15-16,18H,3,5,7,11-12,14H2,1-2H3/t18-/m0/s1. The van der Waals surface area contributed by atoms with Crippen LogP contribution in [0.1, 0.15) is 35.4 Å². The highest BCUT2D eigenvalue weighted by molar-refractivity contribution is 5.81. The molecule has 1 heterocycles. The molecule has 0 aliphatic heterocycles. The summed E-state index contributed by atoms with van der Waals surface area (Å²) in [7, 11) is 4.02. The van der Waals surface area contributed by atoms with E-state index in [-0.39, 0.29) is 0 Å². The largest absolute Gasteiger partial charge is 0.496 e. The molecular formula is C23H27NO2. The van der Waals surface area contributed by atoms with E-state index in [2.05, 4.69) is 48.3 Å². The molecule has 0 bridgehead atoms. The molecule has 0 unspecified atom stereocenters. The van der Waals surface area contributed by atoms with Crippen molar-refractivity contribution in [2.24, 2.45) is 0 Å². The number of fused-ring (bicyclic) bond motifs is 2. The number of rotatable bonds is 6. The summed E-state index contributed by atoms with van der Waals surface area (Å²) in [5, 5.41) is 2.37. The fourth-order valence-corrected chi connectivity index (χ4v) is 4.25. The van der Waals surface area contributed by atoms with E-state index < -0.39 is 0 Å². The molecule has 3 heteroatoms. The molecule has 0 spiro atoms. The third-order valence-corrected chi connectivity index (χ3v) is 5.66. The first-order valence-electron chi connectivity index (χ1n) is 9.54. The van der Waals surface area contributed by atoms with E-state index in [1.807, 2.05) is 6.26 Å². The van der Waals surface area contributed by atoms with Crippen LogP contribution in [0.15, 0.2) is 53.3 Å². The SMILES string of the molecule is COc1cccc2c1CCC[C@H]2CN(C)CCc1ccc2cocc2c1. The maximum atomic E-state index is 5.58. The van der Waals surface area contributed by atoms with Crippen molar-refractivity contribution in [2.75, 3.05) is 27.2 Å². The Kier molecular flexibility index (Phi) is 4.98. The van der Waals surface area contributed by atoms with Gasteiger partial charge in [-0.3, -0.25) is 0 Å². The second-order valence-electron chi connectivity index (χ2n) is 7.46. The predicted octanol–water partition coefficient (Wildman–Crippen LogP) is 5.04. The lowest BCUT2D eigenvalue weighted by atomic mass is 9.82. The molecule has 0 fully saturated rings. The Morgan fingerprint density at radius 2 is 2.04 bits per heavy atom. The minimum atomic E-state index is 0.607. The lowest BCUT2D eigenvalue weighted by Crippen LogP contribution is -2.28. The summed E-state index contributed by atoms with van der Waals surface area (Å²) < 4.78 is 10.9. The topological polar surface area (TPSA) is 25.6 Å². The number of ether oxygens (including phenoxy) is 1. The third kappa shape index (κ3) is 3.49. The van der Waals surface area contributed by atoms with Crippen LogP contribution in [-0.4, -0.2) is 32.1 Å². The van der Waals surface area contributed by atoms with Crippen LogP contribution in [0.2, 0.25) is 0 Å². The minimum Gasteiger partial charge on any atom is -0.496 e. The molecule has 3 aromatic rings. The summed E-state index contributed by atoms with van der Waals surface area (Å²) in [5.74, 6) is 1.67. The summed E-state index contributed by atoms with van der Waals surface area (Å²) in [6.45, 7) is 2.17. The molecule has 1 atom stereocenters. The summed E-state index contributed by atoms with van der Waals surface area (Å²) in [6, 6.07) is 13.1. The second-order valence-corrected chi connectivity index (χ2v) is 7.46. The number of furan rings is 1. The zero-order valence-electron chi connectivity index (χ0n) is 15.7. The zero-order chi connectivity index (χ0) is 17.9. The average molecular weight is 349 g/mol. The van der Waals surface area contributed by atoms with Crippen LogP contribution >= 0.6 is 0 Å². The number of methoxy groups -OCH3 is 1. The van der Waals surface area contributed by atoms with Gasteiger partial charge in [0.05, 0.1) is 19.6 Å². The van der Waals surface area contributed by atoms with E-state index >= 15 is 0 Å². The van der Waals surface area contributed by atoms with Crippen LogP contribution in [-0.2, 0) is 12.8 Å². The maximum Gasteiger partial charge on any atom is 0.122 e. The first kappa shape index (κ1) is 17.2. The van der Waals surface area contributed by atoms with E-state index in [0.717, 1.165) is 31.7 Å². The highest BCUT2D eigenvalue weighted by Crippen LogP contribution is 2.36. The van der Waals surface area contributed by atoms with Gasteiger partial charge in [-0.25, -0.2) is 0 Å². The number of nitrogens with zero attached hydrogens (tertiary/aromatic N) is 1. The highest BCUT2D eigenvalue weighted by Gasteiger charge is 2.23. The van der Waals surface area contributed by atoms with Crippen molar-refractivity contribution in [1.29, 1.82) is 0 Å². The van der Waals surface area contributed by atoms with Gasteiger partial charge in [0, 0.05) is 23.9 Å². The summed E-state index contributed by atoms with van der Waals surface area (Å²) in [4.78, 5) is 2.47. The Balaban J connectivity index is 1.40. The van der Waals surface area contributed by atoms with Crippen molar-refractivity contribution in [3.05, 3.63) is 65.6 Å². The third-order valence-electron chi connectivity index (χ3n) is 5.66. The van der Waals surface area contributed by atoms with Gasteiger partial charge >= 0.3 is 0 Å². The molecular weight excluding hydrogens is 322 g/mol. The quantitative estimate of drug-likeness (QED) is 0.624. The molecule has 3 nitrogen and oxygen atoms in total. The van der Waals surface area contributed by atoms with Gasteiger partial charge in [0.25, 0.3) is 0 Å². The van der Waals surface area contributed by atoms with Crippen molar-refractivity contribution in [1.82, 2.24) is 4.90 Å². The van der Waals surface area contributed by atoms with E-state index in [0.29, 0.717) is 5.92 Å². The molecule has 0 N–H and O–H groups in total. The van der Waals surface area contributed by atoms with Gasteiger partial charge in [-0.05, 0) is 67.5 Å². The molecule has 2 aromatic carbocycles. The predicted molar refractivity (Wildman–Crippen MR) is 106 cm³/mol. The van der Waals surface area contributed by atoms with Gasteiger partial charge in [0.15, 0.2) is 0 Å². The smallest absolute Gasteiger partial charge is 0.122 e. The lowest BCUT2D eigenvalue weighted by molar-refractivity contribution is 0.299. The van der Waals surface area contributed by atoms with Crippen LogP contribution in [0.4, 0.5) is 0 Å². The number of hydrogen-bond acceptors (Lipinski definition) is 3. The zero-order valence-corrected chi connectivity index (χ0v) is 15.7. The Hall–Kier alpha value is -2.26. The fourth-order valence-electron chi connectivity index (χ4n) is 4.25. The first-order valence-corrected chi connectivity index (χ1v) is 9.54. The summed E-state index contributed by atoms with van der Waals surface area (Å²) >= 11 is 0. The van der Waals surface area contributed by atoms with Crippen molar-refractivity contribution in [3.63, 3.8) is 0 Å². The molecule has 1 aromatic heterocycles. The van der Waals surface area contributed by atoms with Gasteiger partial charge < -0.3 is 14.1 Å². The highest BCUT2D eigenvalue weighted by atomic mass is 16.5. The van der Waals surface area contributed by atoms with E-state index in [9.17, 15) is 0 Å². The molecule has 0 radical (unpaired) electrons. The number of benzene rings is 2. The molecule has 26 heavy (non-hydrogen) atoms. The van der Waals surface area contributed by atoms with Crippen molar-refractivity contribution in [3.8, 4) is 5.75 Å². The van der Waals surface area contributed by atoms with Crippen LogP contribution in [0, 0.1) is 0 Å². The van der Waals surface area contributed by atoms with E-state index in [4.69, 9.17) is 9.15 Å². The summed E-state index contributed by atoms with van der Waals surface area (Å²) in [5.41, 5.74) is 4.28. The molecule has 1 aliphatic carbocycles. The monoisotopic (exact) mass is 349 g/mol. The van der Waals surface area contributed by atoms with E-state index in [1.54, 1.807) is 13.4 Å². The Morgan fingerprint density at radius 1 is 1.15 bits per heavy atom. The van der Waals surface area contributed by atoms with Crippen LogP contribution in [0.25, 0.3) is 10.8 Å². The van der Waals surface area contributed by atoms with Gasteiger partial charge in [-0.15, -0.1) is 0 Å². The van der Waals surface area contributed by atoms with E-state index in [1.165, 1.54) is 40.3 Å². The second kappa shape index (κ2) is 7.55. The minimum absolute atomic E-state index is 0.607. The van der Waals surface area contributed by atoms with Crippen molar-refractivity contribution in [2.45, 2.75) is 31.6 Å². The molecule has 1 aliphatic rings. The van der Waals surface area contributed by atoms with Crippen LogP contribution < -0.4 is 4.74 Å².